The molecule has 1 heterocycles. The van der Waals surface area contributed by atoms with Crippen LogP contribution in [0.2, 0.25) is 0 Å². The van der Waals surface area contributed by atoms with Crippen molar-refractivity contribution in [3.8, 4) is 17.0 Å². The van der Waals surface area contributed by atoms with E-state index in [1.165, 1.54) is 19.3 Å². The highest BCUT2D eigenvalue weighted by Crippen LogP contribution is 2.60. The number of hydrogen-bond donors (Lipinski definition) is 2. The van der Waals surface area contributed by atoms with Crippen molar-refractivity contribution >= 4 is 33.8 Å². The number of carbonyl (C=O) groups is 1. The lowest BCUT2D eigenvalue weighted by Gasteiger charge is -2.55. The van der Waals surface area contributed by atoms with Crippen molar-refractivity contribution in [3.05, 3.63) is 53.9 Å². The fourth-order valence-electron chi connectivity index (χ4n) is 6.74. The van der Waals surface area contributed by atoms with Crippen molar-refractivity contribution in [1.29, 1.82) is 0 Å². The second kappa shape index (κ2) is 8.17. The molecule has 2 aromatic carbocycles. The van der Waals surface area contributed by atoms with Crippen molar-refractivity contribution in [2.45, 2.75) is 38.5 Å². The Labute approximate surface area is 198 Å². The zero-order valence-corrected chi connectivity index (χ0v) is 19.7. The van der Waals surface area contributed by atoms with Crippen molar-refractivity contribution < 1.29 is 9.53 Å². The average Bonchev–Trinajstić information content (AvgIpc) is 3.27. The second-order valence-corrected chi connectivity index (χ2v) is 11.0. The standard InChI is InChI=1S/C27H29N3O2S/c1-32-24-8-3-2-7-22(24)29-26-30-23(16-33-26)20-5-4-6-21(12-20)28-25(31)27-13-17-9-18(14-27)11-19(10-17)15-27/h2-8,12,16-19H,9-11,13-15H2,1H3,(H,28,31)(H,29,30). The van der Waals surface area contributed by atoms with Gasteiger partial charge in [-0.15, -0.1) is 11.3 Å². The van der Waals surface area contributed by atoms with Crippen molar-refractivity contribution in [3.63, 3.8) is 0 Å². The molecule has 0 radical (unpaired) electrons. The van der Waals surface area contributed by atoms with Gasteiger partial charge in [-0.05, 0) is 80.5 Å². The predicted octanol–water partition coefficient (Wildman–Crippen LogP) is 6.72. The summed E-state index contributed by atoms with van der Waals surface area (Å²) >= 11 is 1.55. The molecular weight excluding hydrogens is 430 g/mol. The molecule has 0 aliphatic heterocycles. The number of nitrogens with zero attached hydrogens (tertiary/aromatic N) is 1. The number of para-hydroxylation sites is 2. The number of nitrogens with one attached hydrogen (secondary N) is 2. The fraction of sp³-hybridized carbons (Fsp3) is 0.407. The molecule has 0 spiro atoms. The third-order valence-corrected chi connectivity index (χ3v) is 8.55. The summed E-state index contributed by atoms with van der Waals surface area (Å²) in [5.41, 5.74) is 3.50. The van der Waals surface area contributed by atoms with Crippen LogP contribution in [0.4, 0.5) is 16.5 Å². The van der Waals surface area contributed by atoms with Gasteiger partial charge in [0.2, 0.25) is 5.91 Å². The van der Waals surface area contributed by atoms with Gasteiger partial charge in [-0.1, -0.05) is 24.3 Å². The maximum atomic E-state index is 13.4. The molecule has 3 aromatic rings. The van der Waals surface area contributed by atoms with Crippen LogP contribution in [0, 0.1) is 23.2 Å². The molecule has 33 heavy (non-hydrogen) atoms. The van der Waals surface area contributed by atoms with Gasteiger partial charge >= 0.3 is 0 Å². The number of hydrogen-bond acceptors (Lipinski definition) is 5. The smallest absolute Gasteiger partial charge is 0.230 e. The molecule has 4 saturated carbocycles. The summed E-state index contributed by atoms with van der Waals surface area (Å²) in [4.78, 5) is 18.2. The van der Waals surface area contributed by atoms with Gasteiger partial charge < -0.3 is 15.4 Å². The molecule has 4 bridgehead atoms. The van der Waals surface area contributed by atoms with Gasteiger partial charge in [-0.2, -0.15) is 0 Å². The molecule has 0 unspecified atom stereocenters. The Kier molecular flexibility index (Phi) is 5.13. The van der Waals surface area contributed by atoms with Gasteiger partial charge in [-0.25, -0.2) is 4.98 Å². The van der Waals surface area contributed by atoms with Crippen LogP contribution in [-0.2, 0) is 4.79 Å². The first-order valence-corrected chi connectivity index (χ1v) is 12.8. The third-order valence-electron chi connectivity index (χ3n) is 7.79. The number of amides is 1. The summed E-state index contributed by atoms with van der Waals surface area (Å²) in [5.74, 6) is 3.30. The van der Waals surface area contributed by atoms with E-state index in [9.17, 15) is 4.79 Å². The number of anilines is 3. The molecule has 0 atom stereocenters. The largest absolute Gasteiger partial charge is 0.495 e. The van der Waals surface area contributed by atoms with E-state index in [4.69, 9.17) is 9.72 Å². The average molecular weight is 460 g/mol. The van der Waals surface area contributed by atoms with Crippen LogP contribution in [0.3, 0.4) is 0 Å². The van der Waals surface area contributed by atoms with Crippen molar-refractivity contribution in [1.82, 2.24) is 4.98 Å². The number of methoxy groups -OCH3 is 1. The first kappa shape index (κ1) is 20.7. The zero-order chi connectivity index (χ0) is 22.4. The topological polar surface area (TPSA) is 63.2 Å². The monoisotopic (exact) mass is 459 g/mol. The Morgan fingerprint density at radius 3 is 2.48 bits per heavy atom. The van der Waals surface area contributed by atoms with Gasteiger partial charge in [0.1, 0.15) is 5.75 Å². The van der Waals surface area contributed by atoms with E-state index in [1.54, 1.807) is 18.4 Å². The molecule has 6 heteroatoms. The highest BCUT2D eigenvalue weighted by Gasteiger charge is 2.54. The van der Waals surface area contributed by atoms with Crippen LogP contribution in [0.5, 0.6) is 5.75 Å². The Hall–Kier alpha value is -2.86. The van der Waals surface area contributed by atoms with E-state index in [2.05, 4.69) is 10.6 Å². The summed E-state index contributed by atoms with van der Waals surface area (Å²) in [6.45, 7) is 0. The summed E-state index contributed by atoms with van der Waals surface area (Å²) < 4.78 is 5.42. The molecule has 0 saturated heterocycles. The molecule has 4 aliphatic rings. The van der Waals surface area contributed by atoms with Crippen LogP contribution in [0.25, 0.3) is 11.3 Å². The Balaban J connectivity index is 1.18. The molecule has 5 nitrogen and oxygen atoms in total. The Morgan fingerprint density at radius 2 is 1.76 bits per heavy atom. The van der Waals surface area contributed by atoms with Gasteiger partial charge in [0.05, 0.1) is 23.9 Å². The van der Waals surface area contributed by atoms with Crippen LogP contribution in [-0.4, -0.2) is 18.0 Å². The van der Waals surface area contributed by atoms with Crippen LogP contribution in [0.1, 0.15) is 38.5 Å². The molecule has 7 rings (SSSR count). The highest BCUT2D eigenvalue weighted by atomic mass is 32.1. The van der Waals surface area contributed by atoms with Crippen LogP contribution < -0.4 is 15.4 Å². The third kappa shape index (κ3) is 3.90. The molecule has 4 aliphatic carbocycles. The summed E-state index contributed by atoms with van der Waals surface area (Å²) in [7, 11) is 1.66. The van der Waals surface area contributed by atoms with E-state index in [1.807, 2.05) is 53.9 Å². The van der Waals surface area contributed by atoms with Crippen LogP contribution >= 0.6 is 11.3 Å². The van der Waals surface area contributed by atoms with E-state index in [-0.39, 0.29) is 11.3 Å². The zero-order valence-electron chi connectivity index (χ0n) is 18.8. The van der Waals surface area contributed by atoms with Crippen molar-refractivity contribution in [2.24, 2.45) is 23.2 Å². The Bertz CT molecular complexity index is 1150. The molecule has 1 amide bonds. The number of thiazole rings is 1. The number of rotatable bonds is 6. The quantitative estimate of drug-likeness (QED) is 0.430. The van der Waals surface area contributed by atoms with Gasteiger partial charge in [0, 0.05) is 16.6 Å². The summed E-state index contributed by atoms with van der Waals surface area (Å²) in [6.07, 6.45) is 7.27. The lowest BCUT2D eigenvalue weighted by Crippen LogP contribution is -2.51. The van der Waals surface area contributed by atoms with E-state index >= 15 is 0 Å². The van der Waals surface area contributed by atoms with E-state index in [0.717, 1.165) is 70.5 Å². The maximum absolute atomic E-state index is 13.4. The molecule has 4 fully saturated rings. The number of benzene rings is 2. The Morgan fingerprint density at radius 1 is 1.03 bits per heavy atom. The fourth-order valence-corrected chi connectivity index (χ4v) is 7.47. The van der Waals surface area contributed by atoms with E-state index in [0.29, 0.717) is 0 Å². The van der Waals surface area contributed by atoms with Gasteiger partial charge in [0.15, 0.2) is 5.13 Å². The maximum Gasteiger partial charge on any atom is 0.230 e. The van der Waals surface area contributed by atoms with Gasteiger partial charge in [0.25, 0.3) is 0 Å². The predicted molar refractivity (Wildman–Crippen MR) is 133 cm³/mol. The first-order valence-electron chi connectivity index (χ1n) is 11.9. The molecule has 170 valence electrons. The second-order valence-electron chi connectivity index (χ2n) is 10.1. The van der Waals surface area contributed by atoms with Crippen molar-refractivity contribution in [2.75, 3.05) is 17.7 Å². The summed E-state index contributed by atoms with van der Waals surface area (Å²) in [6, 6.07) is 15.9. The lowest BCUT2D eigenvalue weighted by molar-refractivity contribution is -0.140. The first-order chi connectivity index (χ1) is 16.1. The number of carbonyl (C=O) groups excluding carboxylic acids is 1. The number of aromatic nitrogens is 1. The summed E-state index contributed by atoms with van der Waals surface area (Å²) in [5, 5.41) is 9.47. The van der Waals surface area contributed by atoms with E-state index < -0.39 is 0 Å². The minimum absolute atomic E-state index is 0.142. The highest BCUT2D eigenvalue weighted by molar-refractivity contribution is 7.14. The normalized spacial score (nSPS) is 27.4. The molecular formula is C27H29N3O2S. The van der Waals surface area contributed by atoms with Gasteiger partial charge in [-0.3, -0.25) is 4.79 Å². The number of ether oxygens (including phenoxy) is 1. The lowest BCUT2D eigenvalue weighted by atomic mass is 9.49. The molecule has 1 aromatic heterocycles. The minimum atomic E-state index is -0.142. The molecule has 2 N–H and O–H groups in total. The SMILES string of the molecule is COc1ccccc1Nc1nc(-c2cccc(NC(=O)C34CC5CC(CC(C5)C3)C4)c2)cs1. The van der Waals surface area contributed by atoms with Crippen LogP contribution in [0.15, 0.2) is 53.9 Å². The minimum Gasteiger partial charge on any atom is -0.495 e.